The molecule has 2 aromatic rings. The minimum atomic E-state index is -1.04. The Hall–Kier alpha value is -2.43. The number of aromatic nitrogens is 3. The van der Waals surface area contributed by atoms with Crippen LogP contribution in [0.3, 0.4) is 0 Å². The van der Waals surface area contributed by atoms with E-state index in [1.54, 1.807) is 30.9 Å². The van der Waals surface area contributed by atoms with E-state index in [0.29, 0.717) is 17.8 Å². The van der Waals surface area contributed by atoms with Crippen LogP contribution < -0.4 is 0 Å². The monoisotopic (exact) mass is 353 g/mol. The largest absolute Gasteiger partial charge is 0.525 e. The Morgan fingerprint density at radius 1 is 1.27 bits per heavy atom. The molecule has 0 bridgehead atoms. The molecular weight excluding hydrogens is 332 g/mol. The second-order valence-electron chi connectivity index (χ2n) is 7.10. The quantitative estimate of drug-likeness (QED) is 0.628. The highest BCUT2D eigenvalue weighted by Gasteiger charge is 2.53. The van der Waals surface area contributed by atoms with Gasteiger partial charge in [0, 0.05) is 24.2 Å². The van der Waals surface area contributed by atoms with Crippen LogP contribution in [0.2, 0.25) is 0 Å². The minimum Gasteiger partial charge on any atom is -0.398 e. The van der Waals surface area contributed by atoms with E-state index in [-0.39, 0.29) is 0 Å². The second kappa shape index (κ2) is 7.06. The number of nitrogens with zero attached hydrogens (tertiary/aromatic N) is 3. The third kappa shape index (κ3) is 3.87. The van der Waals surface area contributed by atoms with Gasteiger partial charge in [0.25, 0.3) is 0 Å². The molecule has 0 radical (unpaired) electrons. The van der Waals surface area contributed by atoms with Gasteiger partial charge < -0.3 is 13.9 Å². The molecule has 0 aromatic carbocycles. The first-order valence-electron chi connectivity index (χ1n) is 8.41. The van der Waals surface area contributed by atoms with Crippen LogP contribution in [0.4, 0.5) is 4.39 Å². The van der Waals surface area contributed by atoms with Crippen molar-refractivity contribution < 1.29 is 13.7 Å². The zero-order chi connectivity index (χ0) is 18.8. The van der Waals surface area contributed by atoms with Crippen molar-refractivity contribution in [2.24, 2.45) is 0 Å². The zero-order valence-electron chi connectivity index (χ0n) is 15.4. The van der Waals surface area contributed by atoms with Crippen molar-refractivity contribution in [1.29, 1.82) is 0 Å². The molecule has 7 heteroatoms. The van der Waals surface area contributed by atoms with Crippen LogP contribution in [0, 0.1) is 11.8 Å². The number of halogens is 1. The first-order chi connectivity index (χ1) is 12.3. The van der Waals surface area contributed by atoms with Crippen LogP contribution in [-0.4, -0.2) is 32.9 Å². The number of hydrogen-bond acceptors (Lipinski definition) is 4. The molecule has 1 aliphatic rings. The molecule has 0 spiro atoms. The molecule has 0 unspecified atom stereocenters. The molecule has 0 aliphatic carbocycles. The van der Waals surface area contributed by atoms with Gasteiger partial charge in [0.05, 0.1) is 24.1 Å². The first-order valence-corrected chi connectivity index (χ1v) is 8.41. The Morgan fingerprint density at radius 2 is 2.00 bits per heavy atom. The van der Waals surface area contributed by atoms with E-state index in [1.807, 2.05) is 38.5 Å². The molecule has 3 heterocycles. The summed E-state index contributed by atoms with van der Waals surface area (Å²) in [6.45, 7) is 8.03. The maximum atomic E-state index is 14.7. The van der Waals surface area contributed by atoms with Crippen LogP contribution in [0.5, 0.6) is 0 Å². The van der Waals surface area contributed by atoms with E-state index < -0.39 is 24.0 Å². The SMILES string of the molecule is CC1(C)OB(C(F)=Cc2cccnc2C#CCn2ccnc2)OC1(C)C. The van der Waals surface area contributed by atoms with Gasteiger partial charge in [-0.15, -0.1) is 0 Å². The van der Waals surface area contributed by atoms with Gasteiger partial charge in [-0.1, -0.05) is 12.0 Å². The molecule has 1 fully saturated rings. The summed E-state index contributed by atoms with van der Waals surface area (Å²) in [6, 6.07) is 3.50. The predicted octanol–water partition coefficient (Wildman–Crippen LogP) is 3.27. The normalized spacial score (nSPS) is 18.5. The second-order valence-corrected chi connectivity index (χ2v) is 7.10. The van der Waals surface area contributed by atoms with E-state index in [9.17, 15) is 4.39 Å². The number of imidazole rings is 1. The van der Waals surface area contributed by atoms with Gasteiger partial charge in [0.15, 0.2) is 0 Å². The third-order valence-corrected chi connectivity index (χ3v) is 4.64. The maximum Gasteiger partial charge on any atom is 0.525 e. The molecule has 134 valence electrons. The predicted molar refractivity (Wildman–Crippen MR) is 98.5 cm³/mol. The summed E-state index contributed by atoms with van der Waals surface area (Å²) in [4.78, 5) is 8.21. The Balaban J connectivity index is 1.80. The lowest BCUT2D eigenvalue weighted by molar-refractivity contribution is 0.00578. The van der Waals surface area contributed by atoms with Crippen molar-refractivity contribution in [2.75, 3.05) is 0 Å². The summed E-state index contributed by atoms with van der Waals surface area (Å²) in [6.07, 6.45) is 8.20. The molecule has 26 heavy (non-hydrogen) atoms. The fourth-order valence-corrected chi connectivity index (χ4v) is 2.41. The molecule has 0 saturated carbocycles. The highest BCUT2D eigenvalue weighted by molar-refractivity contribution is 6.54. The van der Waals surface area contributed by atoms with E-state index in [2.05, 4.69) is 21.8 Å². The van der Waals surface area contributed by atoms with Crippen LogP contribution in [-0.2, 0) is 15.9 Å². The zero-order valence-corrected chi connectivity index (χ0v) is 15.4. The summed E-state index contributed by atoms with van der Waals surface area (Å²) < 4.78 is 28.0. The summed E-state index contributed by atoms with van der Waals surface area (Å²) in [5, 5.41) is 0. The summed E-state index contributed by atoms with van der Waals surface area (Å²) in [5.74, 6) is 5.99. The van der Waals surface area contributed by atoms with E-state index >= 15 is 0 Å². The first kappa shape index (κ1) is 18.4. The van der Waals surface area contributed by atoms with Gasteiger partial charge in [0.1, 0.15) is 11.4 Å². The molecule has 0 amide bonds. The van der Waals surface area contributed by atoms with Crippen molar-refractivity contribution >= 4 is 13.2 Å². The van der Waals surface area contributed by atoms with Crippen LogP contribution in [0.1, 0.15) is 39.0 Å². The minimum absolute atomic E-state index is 0.486. The Morgan fingerprint density at radius 3 is 2.65 bits per heavy atom. The molecule has 0 atom stereocenters. The smallest absolute Gasteiger partial charge is 0.398 e. The topological polar surface area (TPSA) is 49.2 Å². The summed E-state index contributed by atoms with van der Waals surface area (Å²) in [7, 11) is -1.04. The number of rotatable bonds is 3. The molecule has 2 aromatic heterocycles. The molecular formula is C19H21BFN3O2. The van der Waals surface area contributed by atoms with Crippen LogP contribution >= 0.6 is 0 Å². The Labute approximate surface area is 153 Å². The number of pyridine rings is 1. The van der Waals surface area contributed by atoms with Gasteiger partial charge in [-0.25, -0.2) is 14.4 Å². The molecule has 5 nitrogen and oxygen atoms in total. The standard InChI is InChI=1S/C19H21BFN3O2/c1-18(2)19(3,4)26-20(25-18)17(21)13-15-7-5-9-23-16(15)8-6-11-24-12-10-22-14-24/h5,7,9-10,12-14H,11H2,1-4H3. The maximum absolute atomic E-state index is 14.7. The Bertz CT molecular complexity index is 850. The van der Waals surface area contributed by atoms with Crippen molar-refractivity contribution in [1.82, 2.24) is 14.5 Å². The van der Waals surface area contributed by atoms with Crippen LogP contribution in [0.25, 0.3) is 6.08 Å². The fourth-order valence-electron chi connectivity index (χ4n) is 2.41. The lowest BCUT2D eigenvalue weighted by Crippen LogP contribution is -2.41. The lowest BCUT2D eigenvalue weighted by Gasteiger charge is -2.32. The highest BCUT2D eigenvalue weighted by atomic mass is 19.1. The molecule has 1 aliphatic heterocycles. The number of hydrogen-bond donors (Lipinski definition) is 0. The van der Waals surface area contributed by atoms with Gasteiger partial charge >= 0.3 is 7.12 Å². The summed E-state index contributed by atoms with van der Waals surface area (Å²) in [5.41, 5.74) is -0.609. The highest BCUT2D eigenvalue weighted by Crippen LogP contribution is 2.39. The average Bonchev–Trinajstić information content (AvgIpc) is 3.15. The Kier molecular flexibility index (Phi) is 4.99. The average molecular weight is 353 g/mol. The fraction of sp³-hybridized carbons (Fsp3) is 0.368. The lowest BCUT2D eigenvalue weighted by atomic mass is 9.86. The van der Waals surface area contributed by atoms with Gasteiger partial charge in [0.2, 0.25) is 0 Å². The third-order valence-electron chi connectivity index (χ3n) is 4.64. The van der Waals surface area contributed by atoms with Gasteiger partial charge in [-0.3, -0.25) is 0 Å². The van der Waals surface area contributed by atoms with Gasteiger partial charge in [-0.05, 0) is 45.8 Å². The van der Waals surface area contributed by atoms with Crippen molar-refractivity contribution in [3.8, 4) is 11.8 Å². The molecule has 1 saturated heterocycles. The summed E-state index contributed by atoms with van der Waals surface area (Å²) >= 11 is 0. The molecule has 0 N–H and O–H groups in total. The van der Waals surface area contributed by atoms with Gasteiger partial charge in [-0.2, -0.15) is 0 Å². The van der Waals surface area contributed by atoms with Crippen molar-refractivity contribution in [3.63, 3.8) is 0 Å². The van der Waals surface area contributed by atoms with Crippen molar-refractivity contribution in [2.45, 2.75) is 45.4 Å². The van der Waals surface area contributed by atoms with E-state index in [4.69, 9.17) is 9.31 Å². The van der Waals surface area contributed by atoms with Crippen LogP contribution in [0.15, 0.2) is 42.8 Å². The van der Waals surface area contributed by atoms with Crippen molar-refractivity contribution in [3.05, 3.63) is 54.0 Å². The van der Waals surface area contributed by atoms with E-state index in [1.165, 1.54) is 6.08 Å². The molecule has 3 rings (SSSR count). The van der Waals surface area contributed by atoms with E-state index in [0.717, 1.165) is 0 Å².